The summed E-state index contributed by atoms with van der Waals surface area (Å²) < 4.78 is 13.9. The lowest BCUT2D eigenvalue weighted by molar-refractivity contribution is 0.102. The van der Waals surface area contributed by atoms with Crippen molar-refractivity contribution in [3.05, 3.63) is 57.5 Å². The van der Waals surface area contributed by atoms with Crippen LogP contribution in [-0.2, 0) is 0 Å². The topological polar surface area (TPSA) is 42.0 Å². The minimum atomic E-state index is -0.594. The molecule has 92 valence electrons. The van der Waals surface area contributed by atoms with Gasteiger partial charge in [-0.1, -0.05) is 17.7 Å². The molecule has 1 aromatic heterocycles. The largest absolute Gasteiger partial charge is 0.320 e. The lowest BCUT2D eigenvalue weighted by Crippen LogP contribution is -2.14. The first-order valence-corrected chi connectivity index (χ1v) is 6.12. The van der Waals surface area contributed by atoms with Gasteiger partial charge in [-0.3, -0.25) is 4.79 Å². The monoisotopic (exact) mass is 328 g/mol. The Kier molecular flexibility index (Phi) is 3.93. The molecule has 0 unspecified atom stereocenters. The molecule has 0 aliphatic carbocycles. The Morgan fingerprint density at radius 3 is 2.72 bits per heavy atom. The quantitative estimate of drug-likeness (QED) is 0.849. The van der Waals surface area contributed by atoms with Crippen LogP contribution >= 0.6 is 27.5 Å². The molecular weight excluding hydrogens is 322 g/mol. The van der Waals surface area contributed by atoms with Gasteiger partial charge >= 0.3 is 0 Å². The van der Waals surface area contributed by atoms with E-state index in [2.05, 4.69) is 26.2 Å². The highest BCUT2D eigenvalue weighted by Crippen LogP contribution is 2.21. The first-order valence-electron chi connectivity index (χ1n) is 4.95. The van der Waals surface area contributed by atoms with Gasteiger partial charge in [-0.05, 0) is 40.2 Å². The fraction of sp³-hybridized carbons (Fsp3) is 0. The molecule has 3 nitrogen and oxygen atoms in total. The number of nitrogens with zero attached hydrogens (tertiary/aromatic N) is 1. The zero-order chi connectivity index (χ0) is 13.1. The number of rotatable bonds is 2. The van der Waals surface area contributed by atoms with E-state index in [-0.39, 0.29) is 5.56 Å². The number of hydrogen-bond acceptors (Lipinski definition) is 2. The van der Waals surface area contributed by atoms with Gasteiger partial charge in [0, 0.05) is 4.47 Å². The summed E-state index contributed by atoms with van der Waals surface area (Å²) in [4.78, 5) is 15.7. The van der Waals surface area contributed by atoms with E-state index >= 15 is 0 Å². The Morgan fingerprint density at radius 2 is 2.11 bits per heavy atom. The van der Waals surface area contributed by atoms with Crippen LogP contribution in [0.4, 0.5) is 10.1 Å². The highest BCUT2D eigenvalue weighted by molar-refractivity contribution is 9.10. The van der Waals surface area contributed by atoms with Crippen LogP contribution in [0.5, 0.6) is 0 Å². The predicted octanol–water partition coefficient (Wildman–Crippen LogP) is 3.89. The second-order valence-electron chi connectivity index (χ2n) is 3.42. The highest BCUT2D eigenvalue weighted by Gasteiger charge is 2.15. The van der Waals surface area contributed by atoms with E-state index in [9.17, 15) is 9.18 Å². The fourth-order valence-electron chi connectivity index (χ4n) is 1.36. The number of halogens is 3. The number of amides is 1. The number of hydrogen-bond donors (Lipinski definition) is 1. The van der Waals surface area contributed by atoms with Crippen LogP contribution in [0, 0.1) is 5.82 Å². The van der Waals surface area contributed by atoms with Crippen LogP contribution in [0.15, 0.2) is 41.0 Å². The number of nitrogens with one attached hydrogen (secondary N) is 1. The number of aromatic nitrogens is 1. The predicted molar refractivity (Wildman–Crippen MR) is 71.3 cm³/mol. The normalized spacial score (nSPS) is 10.2. The molecule has 2 aromatic rings. The standard InChI is InChI=1S/C12H7BrClFN2O/c13-8-2-1-3-9(15)11(8)12(18)17-7-4-5-10(14)16-6-7/h1-6H,(H,17,18). The molecule has 0 radical (unpaired) electrons. The van der Waals surface area contributed by atoms with Gasteiger partial charge in [0.25, 0.3) is 5.91 Å². The Balaban J connectivity index is 2.25. The molecule has 0 saturated carbocycles. The molecule has 0 bridgehead atoms. The first-order chi connectivity index (χ1) is 8.58. The minimum absolute atomic E-state index is 0.0487. The highest BCUT2D eigenvalue weighted by atomic mass is 79.9. The second-order valence-corrected chi connectivity index (χ2v) is 4.66. The number of benzene rings is 1. The van der Waals surface area contributed by atoms with Gasteiger partial charge in [0.15, 0.2) is 0 Å². The zero-order valence-electron chi connectivity index (χ0n) is 8.95. The van der Waals surface area contributed by atoms with Gasteiger partial charge in [0.1, 0.15) is 11.0 Å². The van der Waals surface area contributed by atoms with Crippen LogP contribution in [0.25, 0.3) is 0 Å². The van der Waals surface area contributed by atoms with Crippen molar-refractivity contribution in [1.29, 1.82) is 0 Å². The van der Waals surface area contributed by atoms with Crippen molar-refractivity contribution < 1.29 is 9.18 Å². The summed E-state index contributed by atoms with van der Waals surface area (Å²) in [6.45, 7) is 0. The minimum Gasteiger partial charge on any atom is -0.320 e. The van der Waals surface area contributed by atoms with E-state index in [0.717, 1.165) is 0 Å². The van der Waals surface area contributed by atoms with Gasteiger partial charge in [0.2, 0.25) is 0 Å². The van der Waals surface area contributed by atoms with Crippen molar-refractivity contribution >= 4 is 39.1 Å². The molecule has 0 saturated heterocycles. The van der Waals surface area contributed by atoms with Crippen molar-refractivity contribution in [2.75, 3.05) is 5.32 Å². The summed E-state index contributed by atoms with van der Waals surface area (Å²) in [6, 6.07) is 7.45. The maximum atomic E-state index is 13.5. The zero-order valence-corrected chi connectivity index (χ0v) is 11.3. The van der Waals surface area contributed by atoms with Gasteiger partial charge in [0.05, 0.1) is 17.4 Å². The van der Waals surface area contributed by atoms with Crippen molar-refractivity contribution in [3.63, 3.8) is 0 Å². The molecule has 1 aromatic carbocycles. The molecule has 0 aliphatic heterocycles. The molecule has 1 N–H and O–H groups in total. The molecule has 0 aliphatic rings. The molecular formula is C12H7BrClFN2O. The van der Waals surface area contributed by atoms with Crippen LogP contribution in [0.2, 0.25) is 5.15 Å². The van der Waals surface area contributed by atoms with E-state index in [4.69, 9.17) is 11.6 Å². The molecule has 0 spiro atoms. The summed E-state index contributed by atoms with van der Waals surface area (Å²) in [6.07, 6.45) is 1.40. The summed E-state index contributed by atoms with van der Waals surface area (Å²) in [7, 11) is 0. The maximum absolute atomic E-state index is 13.5. The SMILES string of the molecule is O=C(Nc1ccc(Cl)nc1)c1c(F)cccc1Br. The molecule has 0 atom stereocenters. The fourth-order valence-corrected chi connectivity index (χ4v) is 1.99. The van der Waals surface area contributed by atoms with Gasteiger partial charge in [-0.15, -0.1) is 0 Å². The van der Waals surface area contributed by atoms with Gasteiger partial charge in [-0.25, -0.2) is 9.37 Å². The van der Waals surface area contributed by atoms with Crippen molar-refractivity contribution in [3.8, 4) is 0 Å². The average molecular weight is 330 g/mol. The number of carbonyl (C=O) groups excluding carboxylic acids is 1. The molecule has 6 heteroatoms. The summed E-state index contributed by atoms with van der Waals surface area (Å²) in [5.74, 6) is -1.15. The van der Waals surface area contributed by atoms with Crippen molar-refractivity contribution in [2.45, 2.75) is 0 Å². The van der Waals surface area contributed by atoms with Crippen LogP contribution in [0.1, 0.15) is 10.4 Å². The van der Waals surface area contributed by atoms with Crippen molar-refractivity contribution in [1.82, 2.24) is 4.98 Å². The number of pyridine rings is 1. The van der Waals surface area contributed by atoms with Crippen LogP contribution < -0.4 is 5.32 Å². The summed E-state index contributed by atoms with van der Waals surface area (Å²) in [5, 5.41) is 2.86. The van der Waals surface area contributed by atoms with E-state index in [0.29, 0.717) is 15.3 Å². The molecule has 18 heavy (non-hydrogen) atoms. The van der Waals surface area contributed by atoms with E-state index < -0.39 is 11.7 Å². The molecule has 1 heterocycles. The number of carbonyl (C=O) groups is 1. The Morgan fingerprint density at radius 1 is 1.33 bits per heavy atom. The van der Waals surface area contributed by atoms with Crippen LogP contribution in [0.3, 0.4) is 0 Å². The average Bonchev–Trinajstić information content (AvgIpc) is 2.32. The van der Waals surface area contributed by atoms with Gasteiger partial charge in [-0.2, -0.15) is 0 Å². The third-order valence-corrected chi connectivity index (χ3v) is 3.06. The Hall–Kier alpha value is -1.46. The third-order valence-electron chi connectivity index (χ3n) is 2.18. The number of anilines is 1. The van der Waals surface area contributed by atoms with Gasteiger partial charge < -0.3 is 5.32 Å². The molecule has 0 fully saturated rings. The van der Waals surface area contributed by atoms with Crippen molar-refractivity contribution in [2.24, 2.45) is 0 Å². The lowest BCUT2D eigenvalue weighted by atomic mass is 10.2. The summed E-state index contributed by atoms with van der Waals surface area (Å²) >= 11 is 8.76. The Labute approximate surface area is 116 Å². The van der Waals surface area contributed by atoms with E-state index in [1.807, 2.05) is 0 Å². The Bertz CT molecular complexity index is 569. The molecule has 2 rings (SSSR count). The molecule has 1 amide bonds. The second kappa shape index (κ2) is 5.46. The van der Waals surface area contributed by atoms with Crippen LogP contribution in [-0.4, -0.2) is 10.9 Å². The maximum Gasteiger partial charge on any atom is 0.259 e. The summed E-state index contributed by atoms with van der Waals surface area (Å²) in [5.41, 5.74) is 0.395. The third kappa shape index (κ3) is 2.86. The first kappa shape index (κ1) is 13.0. The van der Waals surface area contributed by atoms with E-state index in [1.54, 1.807) is 12.1 Å². The lowest BCUT2D eigenvalue weighted by Gasteiger charge is -2.07. The van der Waals surface area contributed by atoms with E-state index in [1.165, 1.54) is 24.4 Å². The smallest absolute Gasteiger partial charge is 0.259 e.